The quantitative estimate of drug-likeness (QED) is 0.212. The minimum atomic E-state index is -0.561. The minimum Gasteiger partial charge on any atom is -0.507 e. The molecule has 0 saturated heterocycles. The minimum absolute atomic E-state index is 0.109. The summed E-state index contributed by atoms with van der Waals surface area (Å²) in [6.45, 7) is 3.42. The number of hydrogen-bond acceptors (Lipinski definition) is 4. The summed E-state index contributed by atoms with van der Waals surface area (Å²) in [5.74, 6) is -0.698. The zero-order valence-corrected chi connectivity index (χ0v) is 19.0. The molecule has 7 nitrogen and oxygen atoms in total. The SMILES string of the molecule is C/C(=N\NC(=O)c1cc2ccccc2cc1O)c1c(C)[nH]n(-c2ccc(I)cc2)c1=O. The summed E-state index contributed by atoms with van der Waals surface area (Å²) in [6, 6.07) is 18.1. The molecule has 4 rings (SSSR count). The normalized spacial score (nSPS) is 11.6. The van der Waals surface area contributed by atoms with Gasteiger partial charge in [-0.05, 0) is 83.6 Å². The molecule has 8 heteroatoms. The highest BCUT2D eigenvalue weighted by molar-refractivity contribution is 14.1. The van der Waals surface area contributed by atoms with Crippen molar-refractivity contribution in [2.24, 2.45) is 5.10 Å². The molecule has 3 N–H and O–H groups in total. The van der Waals surface area contributed by atoms with Crippen molar-refractivity contribution >= 4 is 45.0 Å². The Hall–Kier alpha value is -3.40. The van der Waals surface area contributed by atoms with E-state index in [1.807, 2.05) is 48.5 Å². The number of hydrazone groups is 1. The molecule has 156 valence electrons. The van der Waals surface area contributed by atoms with E-state index in [0.29, 0.717) is 22.7 Å². The number of carbonyl (C=O) groups is 1. The largest absolute Gasteiger partial charge is 0.507 e. The molecule has 1 amide bonds. The van der Waals surface area contributed by atoms with Gasteiger partial charge in [0.15, 0.2) is 0 Å². The van der Waals surface area contributed by atoms with Crippen molar-refractivity contribution in [3.8, 4) is 11.4 Å². The highest BCUT2D eigenvalue weighted by Gasteiger charge is 2.17. The maximum atomic E-state index is 12.9. The Kier molecular flexibility index (Phi) is 5.64. The fourth-order valence-electron chi connectivity index (χ4n) is 3.41. The lowest BCUT2D eigenvalue weighted by Gasteiger charge is -2.06. The Morgan fingerprint density at radius 1 is 1.10 bits per heavy atom. The van der Waals surface area contributed by atoms with Crippen LogP contribution in [-0.2, 0) is 0 Å². The molecule has 3 aromatic carbocycles. The number of phenols is 1. The van der Waals surface area contributed by atoms with Crippen LogP contribution in [0.3, 0.4) is 0 Å². The molecule has 0 saturated carbocycles. The van der Waals surface area contributed by atoms with Crippen LogP contribution >= 0.6 is 22.6 Å². The first-order valence-corrected chi connectivity index (χ1v) is 10.6. The average Bonchev–Trinajstić information content (AvgIpc) is 3.05. The zero-order valence-electron chi connectivity index (χ0n) is 16.8. The molecule has 0 radical (unpaired) electrons. The van der Waals surface area contributed by atoms with Crippen LogP contribution in [-0.4, -0.2) is 26.5 Å². The fraction of sp³-hybridized carbons (Fsp3) is 0.0870. The molecular weight excluding hydrogens is 507 g/mol. The van der Waals surface area contributed by atoms with E-state index in [2.05, 4.69) is 38.2 Å². The number of aromatic amines is 1. The van der Waals surface area contributed by atoms with Crippen LogP contribution in [0.25, 0.3) is 16.5 Å². The first-order valence-electron chi connectivity index (χ1n) is 9.49. The van der Waals surface area contributed by atoms with E-state index in [0.717, 1.165) is 14.3 Å². The van der Waals surface area contributed by atoms with Gasteiger partial charge in [0.05, 0.1) is 22.5 Å². The van der Waals surface area contributed by atoms with Crippen molar-refractivity contribution in [3.63, 3.8) is 0 Å². The van der Waals surface area contributed by atoms with Gasteiger partial charge in [0, 0.05) is 9.26 Å². The maximum Gasteiger partial charge on any atom is 0.280 e. The summed E-state index contributed by atoms with van der Waals surface area (Å²) >= 11 is 2.20. The van der Waals surface area contributed by atoms with E-state index in [1.165, 1.54) is 10.7 Å². The van der Waals surface area contributed by atoms with Gasteiger partial charge in [-0.3, -0.25) is 14.7 Å². The van der Waals surface area contributed by atoms with Crippen LogP contribution in [0.1, 0.15) is 28.5 Å². The van der Waals surface area contributed by atoms with Gasteiger partial charge in [0.25, 0.3) is 11.5 Å². The zero-order chi connectivity index (χ0) is 22.1. The van der Waals surface area contributed by atoms with Crippen LogP contribution in [0.4, 0.5) is 0 Å². The Morgan fingerprint density at radius 2 is 1.74 bits per heavy atom. The second-order valence-electron chi connectivity index (χ2n) is 7.08. The van der Waals surface area contributed by atoms with Gasteiger partial charge in [-0.25, -0.2) is 10.1 Å². The van der Waals surface area contributed by atoms with E-state index in [-0.39, 0.29) is 16.9 Å². The summed E-state index contributed by atoms with van der Waals surface area (Å²) in [4.78, 5) is 25.5. The van der Waals surface area contributed by atoms with Crippen LogP contribution in [0.2, 0.25) is 0 Å². The number of nitrogens with zero attached hydrogens (tertiary/aromatic N) is 2. The van der Waals surface area contributed by atoms with Crippen molar-refractivity contribution in [2.75, 3.05) is 0 Å². The van der Waals surface area contributed by atoms with Gasteiger partial charge < -0.3 is 5.11 Å². The van der Waals surface area contributed by atoms with E-state index in [1.54, 1.807) is 19.9 Å². The molecule has 1 aromatic heterocycles. The van der Waals surface area contributed by atoms with E-state index < -0.39 is 5.91 Å². The van der Waals surface area contributed by atoms with Gasteiger partial charge in [-0.15, -0.1) is 0 Å². The summed E-state index contributed by atoms with van der Waals surface area (Å²) in [7, 11) is 0. The summed E-state index contributed by atoms with van der Waals surface area (Å²) in [5, 5.41) is 19.0. The molecule has 0 spiro atoms. The monoisotopic (exact) mass is 526 g/mol. The summed E-state index contributed by atoms with van der Waals surface area (Å²) in [5.41, 5.74) is 4.36. The maximum absolute atomic E-state index is 12.9. The first kappa shape index (κ1) is 20.9. The van der Waals surface area contributed by atoms with Crippen molar-refractivity contribution in [1.29, 1.82) is 0 Å². The van der Waals surface area contributed by atoms with E-state index in [9.17, 15) is 14.7 Å². The van der Waals surface area contributed by atoms with Gasteiger partial charge >= 0.3 is 0 Å². The van der Waals surface area contributed by atoms with Crippen molar-refractivity contribution in [3.05, 3.63) is 91.4 Å². The van der Waals surface area contributed by atoms with Gasteiger partial charge in [-0.1, -0.05) is 24.3 Å². The lowest BCUT2D eigenvalue weighted by atomic mass is 10.1. The topological polar surface area (TPSA) is 99.5 Å². The number of benzene rings is 3. The highest BCUT2D eigenvalue weighted by atomic mass is 127. The smallest absolute Gasteiger partial charge is 0.280 e. The molecule has 0 atom stereocenters. The lowest BCUT2D eigenvalue weighted by Crippen LogP contribution is -2.23. The first-order chi connectivity index (χ1) is 14.8. The third-order valence-corrected chi connectivity index (χ3v) is 5.67. The molecule has 0 aliphatic heterocycles. The van der Waals surface area contributed by atoms with Crippen molar-refractivity contribution in [1.82, 2.24) is 15.2 Å². The number of nitrogens with one attached hydrogen (secondary N) is 2. The van der Waals surface area contributed by atoms with Crippen LogP contribution in [0.5, 0.6) is 5.75 Å². The van der Waals surface area contributed by atoms with Gasteiger partial charge in [-0.2, -0.15) is 5.10 Å². The number of H-pyrrole nitrogens is 1. The van der Waals surface area contributed by atoms with Crippen molar-refractivity contribution in [2.45, 2.75) is 13.8 Å². The standard InChI is InChI=1S/C23H19IN4O3/c1-13(21-14(2)27-28(23(21)31)18-9-7-17(24)8-10-18)25-26-22(30)19-11-15-5-3-4-6-16(15)12-20(19)29/h3-12,27,29H,1-2H3,(H,26,30)/b25-13+. The van der Waals surface area contributed by atoms with Crippen molar-refractivity contribution < 1.29 is 9.90 Å². The molecule has 0 aliphatic carbocycles. The number of fused-ring (bicyclic) bond motifs is 1. The van der Waals surface area contributed by atoms with E-state index in [4.69, 9.17) is 0 Å². The number of rotatable bonds is 4. The van der Waals surface area contributed by atoms with Gasteiger partial charge in [0.2, 0.25) is 0 Å². The number of aromatic hydroxyl groups is 1. The molecule has 0 aliphatic rings. The number of hydrogen-bond donors (Lipinski definition) is 3. The Morgan fingerprint density at radius 3 is 2.42 bits per heavy atom. The molecule has 4 aromatic rings. The van der Waals surface area contributed by atoms with Gasteiger partial charge in [0.1, 0.15) is 5.75 Å². The third-order valence-electron chi connectivity index (χ3n) is 4.95. The predicted octanol–water partition coefficient (Wildman–Crippen LogP) is 4.09. The molecule has 0 bridgehead atoms. The molecule has 31 heavy (non-hydrogen) atoms. The van der Waals surface area contributed by atoms with Crippen LogP contribution < -0.4 is 11.0 Å². The Bertz CT molecular complexity index is 1380. The number of aryl methyl sites for hydroxylation is 1. The summed E-state index contributed by atoms with van der Waals surface area (Å²) < 4.78 is 2.51. The number of carbonyl (C=O) groups excluding carboxylic acids is 1. The Balaban J connectivity index is 1.62. The number of phenolic OH excluding ortho intramolecular Hbond substituents is 1. The molecule has 0 unspecified atom stereocenters. The fourth-order valence-corrected chi connectivity index (χ4v) is 3.77. The van der Waals surface area contributed by atoms with Crippen LogP contribution in [0.15, 0.2) is 70.6 Å². The van der Waals surface area contributed by atoms with Crippen LogP contribution in [0, 0.1) is 10.5 Å². The second-order valence-corrected chi connectivity index (χ2v) is 8.33. The highest BCUT2D eigenvalue weighted by Crippen LogP contribution is 2.24. The summed E-state index contributed by atoms with van der Waals surface area (Å²) in [6.07, 6.45) is 0. The molecule has 1 heterocycles. The second kappa shape index (κ2) is 8.38. The molecular formula is C23H19IN4O3. The third kappa shape index (κ3) is 4.11. The lowest BCUT2D eigenvalue weighted by molar-refractivity contribution is 0.0952. The van der Waals surface area contributed by atoms with E-state index >= 15 is 0 Å². The Labute approximate surface area is 191 Å². The molecule has 0 fully saturated rings. The number of halogens is 1. The average molecular weight is 526 g/mol. The number of aromatic nitrogens is 2. The predicted molar refractivity (Wildman–Crippen MR) is 129 cm³/mol. The number of amides is 1.